The van der Waals surface area contributed by atoms with E-state index >= 15 is 0 Å². The first-order chi connectivity index (χ1) is 8.29. The molecule has 0 bridgehead atoms. The fourth-order valence-electron chi connectivity index (χ4n) is 2.27. The molecule has 0 saturated carbocycles. The maximum Gasteiger partial charge on any atom is 0.195 e. The van der Waals surface area contributed by atoms with Crippen molar-refractivity contribution in [2.75, 3.05) is 23.7 Å². The van der Waals surface area contributed by atoms with Crippen molar-refractivity contribution < 1.29 is 0 Å². The molecule has 4 nitrogen and oxygen atoms in total. The molecule has 0 amide bonds. The molecule has 1 aliphatic heterocycles. The first-order valence-electron chi connectivity index (χ1n) is 5.80. The first-order valence-corrected chi connectivity index (χ1v) is 7.73. The molecule has 1 fully saturated rings. The van der Waals surface area contributed by atoms with Crippen molar-refractivity contribution >= 4 is 33.9 Å². The smallest absolute Gasteiger partial charge is 0.195 e. The van der Waals surface area contributed by atoms with E-state index in [1.54, 1.807) is 11.3 Å². The topological polar surface area (TPSA) is 46.6 Å². The lowest BCUT2D eigenvalue weighted by Crippen LogP contribution is -2.37. The van der Waals surface area contributed by atoms with E-state index in [-0.39, 0.29) is 0 Å². The molecular weight excluding hydrogens is 252 g/mol. The van der Waals surface area contributed by atoms with Gasteiger partial charge in [-0.25, -0.2) is 4.98 Å². The van der Waals surface area contributed by atoms with E-state index < -0.39 is 0 Å². The average molecular weight is 268 g/mol. The van der Waals surface area contributed by atoms with Crippen LogP contribution in [0.25, 0.3) is 4.96 Å². The zero-order chi connectivity index (χ0) is 11.8. The van der Waals surface area contributed by atoms with Crippen molar-refractivity contribution in [3.63, 3.8) is 0 Å². The lowest BCUT2D eigenvalue weighted by atomic mass is 10.3. The third-order valence-electron chi connectivity index (χ3n) is 3.07. The van der Waals surface area contributed by atoms with Gasteiger partial charge in [-0.2, -0.15) is 11.8 Å². The maximum atomic E-state index is 5.87. The number of hydrogen-bond acceptors (Lipinski definition) is 5. The monoisotopic (exact) mass is 268 g/mol. The largest absolute Gasteiger partial charge is 0.353 e. The van der Waals surface area contributed by atoms with Crippen LogP contribution < -0.4 is 10.6 Å². The van der Waals surface area contributed by atoms with Crippen LogP contribution in [0.1, 0.15) is 12.6 Å². The van der Waals surface area contributed by atoms with Gasteiger partial charge in [-0.05, 0) is 0 Å². The summed E-state index contributed by atoms with van der Waals surface area (Å²) in [6, 6.07) is 0. The summed E-state index contributed by atoms with van der Waals surface area (Å²) in [7, 11) is 0. The van der Waals surface area contributed by atoms with Gasteiger partial charge >= 0.3 is 0 Å². The molecule has 92 valence electrons. The number of nitrogens with two attached hydrogens (primary N) is 1. The highest BCUT2D eigenvalue weighted by atomic mass is 32.2. The third kappa shape index (κ3) is 1.94. The Morgan fingerprint density at radius 1 is 1.59 bits per heavy atom. The summed E-state index contributed by atoms with van der Waals surface area (Å²) >= 11 is 3.70. The number of anilines is 1. The van der Waals surface area contributed by atoms with Crippen LogP contribution in [0.5, 0.6) is 0 Å². The molecule has 1 atom stereocenters. The number of aromatic nitrogens is 2. The molecule has 0 aliphatic carbocycles. The Balaban J connectivity index is 2.00. The summed E-state index contributed by atoms with van der Waals surface area (Å²) in [5.74, 6) is 2.27. The predicted molar refractivity (Wildman–Crippen MR) is 75.1 cm³/mol. The number of hydrogen-bond donors (Lipinski definition) is 1. The molecule has 1 saturated heterocycles. The second-order valence-electron chi connectivity index (χ2n) is 4.27. The van der Waals surface area contributed by atoms with Gasteiger partial charge in [-0.1, -0.05) is 6.92 Å². The zero-order valence-electron chi connectivity index (χ0n) is 9.80. The van der Waals surface area contributed by atoms with Crippen LogP contribution in [-0.2, 0) is 6.54 Å². The van der Waals surface area contributed by atoms with E-state index in [0.717, 1.165) is 29.6 Å². The van der Waals surface area contributed by atoms with Gasteiger partial charge in [-0.3, -0.25) is 4.40 Å². The van der Waals surface area contributed by atoms with E-state index in [2.05, 4.69) is 27.8 Å². The lowest BCUT2D eigenvalue weighted by Gasteiger charge is -2.31. The predicted octanol–water partition coefficient (Wildman–Crippen LogP) is 1.80. The van der Waals surface area contributed by atoms with Crippen LogP contribution >= 0.6 is 23.1 Å². The Morgan fingerprint density at radius 3 is 3.24 bits per heavy atom. The summed E-state index contributed by atoms with van der Waals surface area (Å²) in [6.45, 7) is 4.97. The molecule has 2 aromatic heterocycles. The van der Waals surface area contributed by atoms with Gasteiger partial charge in [0.25, 0.3) is 0 Å². The maximum absolute atomic E-state index is 5.87. The van der Waals surface area contributed by atoms with Gasteiger partial charge in [0, 0.05) is 42.2 Å². The molecule has 2 N–H and O–H groups in total. The van der Waals surface area contributed by atoms with Crippen LogP contribution in [-0.4, -0.2) is 33.5 Å². The van der Waals surface area contributed by atoms with Crippen LogP contribution in [0.4, 0.5) is 5.82 Å². The molecule has 0 radical (unpaired) electrons. The molecule has 1 unspecified atom stereocenters. The van der Waals surface area contributed by atoms with Crippen LogP contribution in [0, 0.1) is 0 Å². The molecule has 0 aromatic carbocycles. The Kier molecular flexibility index (Phi) is 3.02. The standard InChI is InChI=1S/C11H16N4S2/c1-8-7-14(2-4-16-8)10-9(6-12)15-3-5-17-11(15)13-10/h3,5,8H,2,4,6-7,12H2,1H3. The normalized spacial score (nSPS) is 21.3. The minimum atomic E-state index is 0.547. The summed E-state index contributed by atoms with van der Waals surface area (Å²) in [5.41, 5.74) is 7.01. The second-order valence-corrected chi connectivity index (χ2v) is 6.69. The van der Waals surface area contributed by atoms with Gasteiger partial charge in [0.15, 0.2) is 10.8 Å². The highest BCUT2D eigenvalue weighted by Crippen LogP contribution is 2.28. The van der Waals surface area contributed by atoms with E-state index in [9.17, 15) is 0 Å². The molecule has 3 rings (SSSR count). The Hall–Kier alpha value is -0.720. The van der Waals surface area contributed by atoms with Gasteiger partial charge in [0.05, 0.1) is 5.69 Å². The van der Waals surface area contributed by atoms with Crippen molar-refractivity contribution in [1.82, 2.24) is 9.38 Å². The third-order valence-corrected chi connectivity index (χ3v) is 4.97. The molecule has 2 aromatic rings. The van der Waals surface area contributed by atoms with Crippen LogP contribution in [0.2, 0.25) is 0 Å². The zero-order valence-corrected chi connectivity index (χ0v) is 11.4. The molecule has 6 heteroatoms. The quantitative estimate of drug-likeness (QED) is 0.902. The number of rotatable bonds is 2. The second kappa shape index (κ2) is 4.51. The van der Waals surface area contributed by atoms with Crippen molar-refractivity contribution in [3.8, 4) is 0 Å². The number of thioether (sulfide) groups is 1. The average Bonchev–Trinajstić information content (AvgIpc) is 2.88. The molecule has 17 heavy (non-hydrogen) atoms. The SMILES string of the molecule is CC1CN(c2nc3sccn3c2CN)CCS1. The summed E-state index contributed by atoms with van der Waals surface area (Å²) in [4.78, 5) is 8.15. The van der Waals surface area contributed by atoms with E-state index in [4.69, 9.17) is 10.7 Å². The van der Waals surface area contributed by atoms with Gasteiger partial charge in [0.2, 0.25) is 0 Å². The summed E-state index contributed by atoms with van der Waals surface area (Å²) < 4.78 is 2.12. The molecule has 0 spiro atoms. The fraction of sp³-hybridized carbons (Fsp3) is 0.545. The van der Waals surface area contributed by atoms with E-state index in [1.807, 2.05) is 11.8 Å². The molecular formula is C11H16N4S2. The minimum absolute atomic E-state index is 0.547. The summed E-state index contributed by atoms with van der Waals surface area (Å²) in [6.07, 6.45) is 2.06. The summed E-state index contributed by atoms with van der Waals surface area (Å²) in [5, 5.41) is 2.73. The van der Waals surface area contributed by atoms with Crippen molar-refractivity contribution in [2.45, 2.75) is 18.7 Å². The Morgan fingerprint density at radius 2 is 2.47 bits per heavy atom. The van der Waals surface area contributed by atoms with E-state index in [0.29, 0.717) is 11.8 Å². The molecule has 3 heterocycles. The van der Waals surface area contributed by atoms with Gasteiger partial charge in [0.1, 0.15) is 0 Å². The van der Waals surface area contributed by atoms with Crippen molar-refractivity contribution in [2.24, 2.45) is 5.73 Å². The Labute approximate surface area is 109 Å². The van der Waals surface area contributed by atoms with Gasteiger partial charge in [-0.15, -0.1) is 11.3 Å². The van der Waals surface area contributed by atoms with E-state index in [1.165, 1.54) is 5.75 Å². The lowest BCUT2D eigenvalue weighted by molar-refractivity contribution is 0.764. The van der Waals surface area contributed by atoms with Crippen molar-refractivity contribution in [3.05, 3.63) is 17.3 Å². The number of imidazole rings is 1. The minimum Gasteiger partial charge on any atom is -0.353 e. The highest BCUT2D eigenvalue weighted by Gasteiger charge is 2.22. The number of nitrogens with zero attached hydrogens (tertiary/aromatic N) is 3. The Bertz CT molecular complexity index is 518. The van der Waals surface area contributed by atoms with Crippen molar-refractivity contribution in [1.29, 1.82) is 0 Å². The van der Waals surface area contributed by atoms with Crippen LogP contribution in [0.3, 0.4) is 0 Å². The number of thiazole rings is 1. The van der Waals surface area contributed by atoms with Gasteiger partial charge < -0.3 is 10.6 Å². The van der Waals surface area contributed by atoms with Crippen LogP contribution in [0.15, 0.2) is 11.6 Å². The fourth-order valence-corrected chi connectivity index (χ4v) is 4.02. The first kappa shape index (κ1) is 11.4. The number of fused-ring (bicyclic) bond motifs is 1. The molecule has 1 aliphatic rings. The highest BCUT2D eigenvalue weighted by molar-refractivity contribution is 8.00.